The van der Waals surface area contributed by atoms with Gasteiger partial charge < -0.3 is 14.8 Å². The number of aliphatic hydroxyl groups excluding tert-OH is 1. The van der Waals surface area contributed by atoms with E-state index in [0.29, 0.717) is 22.6 Å². The van der Waals surface area contributed by atoms with E-state index in [1.165, 1.54) is 12.1 Å². The van der Waals surface area contributed by atoms with Crippen LogP contribution in [0.5, 0.6) is 0 Å². The molecule has 2 atom stereocenters. The first-order valence-electron chi connectivity index (χ1n) is 7.99. The number of hydrogen-bond acceptors (Lipinski definition) is 3. The third-order valence-corrected chi connectivity index (χ3v) is 4.57. The van der Waals surface area contributed by atoms with Crippen LogP contribution in [0.25, 0.3) is 16.8 Å². The van der Waals surface area contributed by atoms with E-state index in [0.717, 1.165) is 0 Å². The fourth-order valence-electron chi connectivity index (χ4n) is 2.93. The van der Waals surface area contributed by atoms with Crippen molar-refractivity contribution < 1.29 is 18.7 Å². The van der Waals surface area contributed by atoms with E-state index in [9.17, 15) is 18.7 Å². The Balaban J connectivity index is 1.69. The molecule has 134 valence electrons. The third-order valence-electron chi connectivity index (χ3n) is 4.35. The molecular weight excluding hydrogens is 364 g/mol. The van der Waals surface area contributed by atoms with Crippen molar-refractivity contribution in [2.45, 2.75) is 19.2 Å². The number of rotatable bonds is 4. The normalized spacial score (nSPS) is 18.9. The highest BCUT2D eigenvalue weighted by molar-refractivity contribution is 6.30. The smallest absolute Gasteiger partial charge is 0.231 e. The zero-order valence-corrected chi connectivity index (χ0v) is 14.2. The Morgan fingerprint density at radius 3 is 2.85 bits per heavy atom. The minimum atomic E-state index is -1.08. The lowest BCUT2D eigenvalue weighted by Crippen LogP contribution is -2.15. The SMILES string of the molecule is O=C(Nc1cn2cc(-c3c(F)cc(Cl)cc3CO)ccc2n1)C1CC1F. The number of nitrogens with zero attached hydrogens (tertiary/aromatic N) is 2. The minimum absolute atomic E-state index is 0.204. The quantitative estimate of drug-likeness (QED) is 0.730. The number of aliphatic hydroxyl groups is 1. The molecule has 0 radical (unpaired) electrons. The molecule has 1 aliphatic rings. The number of imidazole rings is 1. The summed E-state index contributed by atoms with van der Waals surface area (Å²) in [6.45, 7) is -0.359. The fraction of sp³-hybridized carbons (Fsp3) is 0.222. The van der Waals surface area contributed by atoms with Gasteiger partial charge in [0.1, 0.15) is 17.6 Å². The molecule has 2 N–H and O–H groups in total. The molecule has 1 amide bonds. The Morgan fingerprint density at radius 2 is 2.15 bits per heavy atom. The van der Waals surface area contributed by atoms with Crippen LogP contribution in [0.4, 0.5) is 14.6 Å². The Kier molecular flexibility index (Phi) is 4.13. The van der Waals surface area contributed by atoms with Crippen LogP contribution < -0.4 is 5.32 Å². The monoisotopic (exact) mass is 377 g/mol. The van der Waals surface area contributed by atoms with Crippen LogP contribution in [0.2, 0.25) is 5.02 Å². The van der Waals surface area contributed by atoms with E-state index in [2.05, 4.69) is 10.3 Å². The van der Waals surface area contributed by atoms with Crippen molar-refractivity contribution in [2.75, 3.05) is 5.32 Å². The van der Waals surface area contributed by atoms with Crippen molar-refractivity contribution in [1.29, 1.82) is 0 Å². The number of hydrogen-bond donors (Lipinski definition) is 2. The molecule has 1 saturated carbocycles. The van der Waals surface area contributed by atoms with Gasteiger partial charge in [-0.3, -0.25) is 4.79 Å². The number of nitrogens with one attached hydrogen (secondary N) is 1. The summed E-state index contributed by atoms with van der Waals surface area (Å²) in [6.07, 6.45) is 2.36. The van der Waals surface area contributed by atoms with Gasteiger partial charge in [0, 0.05) is 22.3 Å². The lowest BCUT2D eigenvalue weighted by molar-refractivity contribution is -0.117. The predicted molar refractivity (Wildman–Crippen MR) is 93.2 cm³/mol. The highest BCUT2D eigenvalue weighted by atomic mass is 35.5. The van der Waals surface area contributed by atoms with Gasteiger partial charge >= 0.3 is 0 Å². The third kappa shape index (κ3) is 3.04. The first-order valence-corrected chi connectivity index (χ1v) is 8.37. The van der Waals surface area contributed by atoms with E-state index in [1.54, 1.807) is 28.9 Å². The second-order valence-electron chi connectivity index (χ2n) is 6.24. The molecule has 4 rings (SSSR count). The summed E-state index contributed by atoms with van der Waals surface area (Å²) in [5, 5.41) is 12.3. The van der Waals surface area contributed by atoms with Crippen LogP contribution >= 0.6 is 11.6 Å². The van der Waals surface area contributed by atoms with E-state index in [1.807, 2.05) is 0 Å². The molecule has 2 heterocycles. The number of amides is 1. The summed E-state index contributed by atoms with van der Waals surface area (Å²) >= 11 is 5.84. The Labute approximate surface area is 152 Å². The number of fused-ring (bicyclic) bond motifs is 1. The van der Waals surface area contributed by atoms with E-state index in [4.69, 9.17) is 11.6 Å². The van der Waals surface area contributed by atoms with Gasteiger partial charge in [0.25, 0.3) is 0 Å². The maximum absolute atomic E-state index is 14.4. The first-order chi connectivity index (χ1) is 12.5. The molecule has 1 aliphatic carbocycles. The molecule has 5 nitrogen and oxygen atoms in total. The van der Waals surface area contributed by atoms with Gasteiger partial charge in [-0.05, 0) is 36.2 Å². The van der Waals surface area contributed by atoms with Crippen LogP contribution in [-0.2, 0) is 11.4 Å². The summed E-state index contributed by atoms with van der Waals surface area (Å²) in [6, 6.07) is 6.02. The van der Waals surface area contributed by atoms with Gasteiger partial charge in [-0.15, -0.1) is 0 Å². The topological polar surface area (TPSA) is 66.6 Å². The molecule has 3 aromatic rings. The van der Waals surface area contributed by atoms with Crippen LogP contribution in [0.3, 0.4) is 0 Å². The molecule has 8 heteroatoms. The summed E-state index contributed by atoms with van der Waals surface area (Å²) in [5.74, 6) is -1.25. The Hall–Kier alpha value is -2.51. The number of carbonyl (C=O) groups excluding carboxylic acids is 1. The number of carbonyl (C=O) groups is 1. The number of pyridine rings is 1. The van der Waals surface area contributed by atoms with Gasteiger partial charge in [0.15, 0.2) is 5.82 Å². The van der Waals surface area contributed by atoms with Crippen molar-refractivity contribution in [3.8, 4) is 11.1 Å². The van der Waals surface area contributed by atoms with E-state index >= 15 is 0 Å². The van der Waals surface area contributed by atoms with E-state index < -0.39 is 23.8 Å². The van der Waals surface area contributed by atoms with Crippen molar-refractivity contribution in [3.05, 3.63) is 53.1 Å². The molecular formula is C18H14ClF2N3O2. The second kappa shape index (κ2) is 6.34. The maximum Gasteiger partial charge on any atom is 0.231 e. The van der Waals surface area contributed by atoms with Crippen LogP contribution in [0, 0.1) is 11.7 Å². The molecule has 0 spiro atoms. The molecule has 0 saturated heterocycles. The van der Waals surface area contributed by atoms with Gasteiger partial charge in [-0.1, -0.05) is 11.6 Å². The van der Waals surface area contributed by atoms with E-state index in [-0.39, 0.29) is 23.6 Å². The molecule has 2 aromatic heterocycles. The zero-order valence-electron chi connectivity index (χ0n) is 13.4. The first kappa shape index (κ1) is 16.9. The number of alkyl halides is 1. The molecule has 1 aromatic carbocycles. The lowest BCUT2D eigenvalue weighted by atomic mass is 10.0. The summed E-state index contributed by atoms with van der Waals surface area (Å²) in [7, 11) is 0. The molecule has 2 unspecified atom stereocenters. The van der Waals surface area contributed by atoms with Crippen LogP contribution in [0.15, 0.2) is 36.7 Å². The van der Waals surface area contributed by atoms with Crippen LogP contribution in [0.1, 0.15) is 12.0 Å². The number of halogens is 3. The van der Waals surface area contributed by atoms with Crippen molar-refractivity contribution in [2.24, 2.45) is 5.92 Å². The molecule has 0 bridgehead atoms. The predicted octanol–water partition coefficient (Wildman–Crippen LogP) is 3.58. The van der Waals surface area contributed by atoms with Crippen molar-refractivity contribution >= 4 is 29.0 Å². The second-order valence-corrected chi connectivity index (χ2v) is 6.67. The molecule has 26 heavy (non-hydrogen) atoms. The van der Waals surface area contributed by atoms with Gasteiger partial charge in [-0.25, -0.2) is 13.8 Å². The van der Waals surface area contributed by atoms with Crippen molar-refractivity contribution in [1.82, 2.24) is 9.38 Å². The largest absolute Gasteiger partial charge is 0.392 e. The highest BCUT2D eigenvalue weighted by Crippen LogP contribution is 2.35. The average Bonchev–Trinajstić information content (AvgIpc) is 3.19. The summed E-state index contributed by atoms with van der Waals surface area (Å²) in [4.78, 5) is 16.1. The maximum atomic E-state index is 14.4. The van der Waals surface area contributed by atoms with Gasteiger partial charge in [0.2, 0.25) is 5.91 Å². The average molecular weight is 378 g/mol. The lowest BCUT2D eigenvalue weighted by Gasteiger charge is -2.10. The van der Waals surface area contributed by atoms with Crippen molar-refractivity contribution in [3.63, 3.8) is 0 Å². The Bertz CT molecular complexity index is 1020. The molecule has 0 aliphatic heterocycles. The van der Waals surface area contributed by atoms with Crippen LogP contribution in [-0.4, -0.2) is 26.6 Å². The van der Waals surface area contributed by atoms with Gasteiger partial charge in [0.05, 0.1) is 18.7 Å². The molecule has 1 fully saturated rings. The summed E-state index contributed by atoms with van der Waals surface area (Å²) in [5.41, 5.74) is 1.68. The van der Waals surface area contributed by atoms with Gasteiger partial charge in [-0.2, -0.15) is 0 Å². The number of aromatic nitrogens is 2. The Morgan fingerprint density at radius 1 is 1.38 bits per heavy atom. The number of benzene rings is 1. The number of anilines is 1. The standard InChI is InChI=1S/C18H14ClF2N3O2/c19-11-3-10(8-25)17(14(21)4-11)9-1-2-16-22-15(7-24(16)6-9)23-18(26)12-5-13(12)20/h1-4,6-7,12-13,25H,5,8H2,(H,23,26). The minimum Gasteiger partial charge on any atom is -0.392 e. The highest BCUT2D eigenvalue weighted by Gasteiger charge is 2.43. The summed E-state index contributed by atoms with van der Waals surface area (Å²) < 4.78 is 29.0. The zero-order chi connectivity index (χ0) is 18.4. The fourth-order valence-corrected chi connectivity index (χ4v) is 3.16.